The molecule has 7 heteroatoms. The summed E-state index contributed by atoms with van der Waals surface area (Å²) in [5, 5.41) is 0.0964. The lowest BCUT2D eigenvalue weighted by molar-refractivity contribution is 0.122. The Morgan fingerprint density at radius 3 is 2.28 bits per heavy atom. The van der Waals surface area contributed by atoms with Gasteiger partial charge in [-0.25, -0.2) is 8.42 Å². The molecule has 0 radical (unpaired) electrons. The van der Waals surface area contributed by atoms with Crippen LogP contribution in [0.3, 0.4) is 0 Å². The summed E-state index contributed by atoms with van der Waals surface area (Å²) in [6.45, 7) is 4.38. The van der Waals surface area contributed by atoms with Gasteiger partial charge in [0.1, 0.15) is 11.9 Å². The topological polar surface area (TPSA) is 55.8 Å². The second kappa shape index (κ2) is 12.3. The van der Waals surface area contributed by atoms with Crippen molar-refractivity contribution in [3.8, 4) is 5.75 Å². The van der Waals surface area contributed by atoms with Gasteiger partial charge in [-0.15, -0.1) is 0 Å². The van der Waals surface area contributed by atoms with Gasteiger partial charge in [0.15, 0.2) is 0 Å². The molecule has 0 fully saturated rings. The zero-order valence-electron chi connectivity index (χ0n) is 21.3. The number of para-hydroxylation sites is 1. The highest BCUT2D eigenvalue weighted by Gasteiger charge is 2.38. The fourth-order valence-electron chi connectivity index (χ4n) is 5.25. The number of ether oxygens (including phenoxy) is 2. The largest absolute Gasteiger partial charge is 0.453 e. The van der Waals surface area contributed by atoms with Gasteiger partial charge in [0.2, 0.25) is 10.0 Å². The van der Waals surface area contributed by atoms with Crippen LogP contribution in [0.5, 0.6) is 5.75 Å². The van der Waals surface area contributed by atoms with Gasteiger partial charge in [-0.05, 0) is 51.0 Å². The third-order valence-corrected chi connectivity index (χ3v) is 9.34. The number of fused-ring (bicyclic) bond motifs is 1. The Hall–Kier alpha value is -2.22. The Morgan fingerprint density at radius 2 is 1.58 bits per heavy atom. The van der Waals surface area contributed by atoms with E-state index in [1.165, 1.54) is 19.3 Å². The number of sulfonamides is 1. The van der Waals surface area contributed by atoms with Crippen molar-refractivity contribution >= 4 is 27.5 Å². The second-order valence-electron chi connectivity index (χ2n) is 9.97. The van der Waals surface area contributed by atoms with Crippen LogP contribution in [0.1, 0.15) is 63.9 Å². The molecule has 0 saturated heterocycles. The summed E-state index contributed by atoms with van der Waals surface area (Å²) in [6.07, 6.45) is 10.6. The van der Waals surface area contributed by atoms with Crippen LogP contribution in [0.25, 0.3) is 0 Å². The zero-order chi connectivity index (χ0) is 25.5. The molecule has 0 aromatic heterocycles. The summed E-state index contributed by atoms with van der Waals surface area (Å²) >= 11 is 5.40. The first-order valence-electron chi connectivity index (χ1n) is 13.1. The minimum Gasteiger partial charge on any atom is -0.453 e. The normalized spacial score (nSPS) is 22.6. The van der Waals surface area contributed by atoms with Crippen LogP contribution < -0.4 is 4.74 Å². The maximum absolute atomic E-state index is 13.7. The molecule has 3 atom stereocenters. The van der Waals surface area contributed by atoms with Gasteiger partial charge < -0.3 is 9.47 Å². The van der Waals surface area contributed by atoms with Crippen LogP contribution in [-0.2, 0) is 14.8 Å². The van der Waals surface area contributed by atoms with E-state index >= 15 is 0 Å². The van der Waals surface area contributed by atoms with Gasteiger partial charge in [-0.3, -0.25) is 0 Å². The average molecular weight is 528 g/mol. The van der Waals surface area contributed by atoms with E-state index in [0.717, 1.165) is 43.2 Å². The Morgan fingerprint density at radius 1 is 0.944 bits per heavy atom. The monoisotopic (exact) mass is 527 g/mol. The molecule has 1 aliphatic heterocycles. The quantitative estimate of drug-likeness (QED) is 0.316. The van der Waals surface area contributed by atoms with Crippen molar-refractivity contribution in [2.75, 3.05) is 6.54 Å². The summed E-state index contributed by atoms with van der Waals surface area (Å²) in [7, 11) is -3.61. The summed E-state index contributed by atoms with van der Waals surface area (Å²) in [5.74, 6) is 0.714. The molecule has 1 aliphatic carbocycles. The van der Waals surface area contributed by atoms with E-state index in [1.807, 2.05) is 56.3 Å². The molecule has 0 saturated carbocycles. The van der Waals surface area contributed by atoms with E-state index in [2.05, 4.69) is 6.08 Å². The molecule has 2 bridgehead atoms. The van der Waals surface area contributed by atoms with Crippen molar-refractivity contribution in [1.29, 1.82) is 0 Å². The summed E-state index contributed by atoms with van der Waals surface area (Å²) in [5.41, 5.74) is 2.18. The molecule has 2 aromatic rings. The summed E-state index contributed by atoms with van der Waals surface area (Å²) in [6, 6.07) is 16.4. The van der Waals surface area contributed by atoms with Gasteiger partial charge in [0.25, 0.3) is 0 Å². The number of aryl methyl sites for hydroxylation is 1. The standard InChI is InChI=1S/C29H37NO4S2/c1-22-16-18-27(19-17-22)36(31,32)30-21-24-20-25(30)12-8-5-3-4-6-11-15-28(24)23(2)33-29(35)34-26-13-9-7-10-14-26/h7,9-10,13-14,16-20,23,25,28H,3-6,8,11-12,15,21H2,1-2H3. The Kier molecular flexibility index (Phi) is 9.20. The van der Waals surface area contributed by atoms with E-state index in [1.54, 1.807) is 16.4 Å². The lowest BCUT2D eigenvalue weighted by atomic mass is 9.88. The minimum atomic E-state index is -3.61. The van der Waals surface area contributed by atoms with Gasteiger partial charge in [-0.2, -0.15) is 4.31 Å². The van der Waals surface area contributed by atoms with Crippen LogP contribution in [0.4, 0.5) is 0 Å². The number of hydrogen-bond donors (Lipinski definition) is 0. The van der Waals surface area contributed by atoms with Crippen LogP contribution >= 0.6 is 12.2 Å². The molecule has 2 aliphatic rings. The maximum atomic E-state index is 13.7. The highest BCUT2D eigenvalue weighted by atomic mass is 32.2. The molecular formula is C29H37NO4S2. The second-order valence-corrected chi connectivity index (χ2v) is 12.2. The first-order chi connectivity index (χ1) is 17.3. The number of nitrogens with zero attached hydrogens (tertiary/aromatic N) is 1. The predicted octanol–water partition coefficient (Wildman–Crippen LogP) is 6.81. The third kappa shape index (κ3) is 6.75. The number of hydrogen-bond acceptors (Lipinski definition) is 5. The average Bonchev–Trinajstić information content (AvgIpc) is 3.28. The molecule has 5 nitrogen and oxygen atoms in total. The lowest BCUT2D eigenvalue weighted by Gasteiger charge is -2.27. The summed E-state index contributed by atoms with van der Waals surface area (Å²) < 4.78 is 40.9. The van der Waals surface area contributed by atoms with Crippen molar-refractivity contribution in [2.24, 2.45) is 5.92 Å². The minimum absolute atomic E-state index is 0.0717. The molecule has 4 rings (SSSR count). The molecule has 36 heavy (non-hydrogen) atoms. The van der Waals surface area contributed by atoms with Gasteiger partial charge in [0, 0.05) is 30.7 Å². The Bertz CT molecular complexity index is 1150. The molecule has 1 heterocycles. The van der Waals surface area contributed by atoms with Gasteiger partial charge in [-0.1, -0.05) is 86.1 Å². The van der Waals surface area contributed by atoms with E-state index in [0.29, 0.717) is 17.2 Å². The van der Waals surface area contributed by atoms with Crippen LogP contribution in [0.2, 0.25) is 0 Å². The van der Waals surface area contributed by atoms with Crippen molar-refractivity contribution in [3.05, 3.63) is 71.8 Å². The fourth-order valence-corrected chi connectivity index (χ4v) is 7.09. The van der Waals surface area contributed by atoms with E-state index in [-0.39, 0.29) is 23.3 Å². The molecule has 3 unspecified atom stereocenters. The molecule has 194 valence electrons. The molecule has 0 amide bonds. The number of benzene rings is 2. The molecule has 2 aromatic carbocycles. The van der Waals surface area contributed by atoms with E-state index in [9.17, 15) is 8.42 Å². The third-order valence-electron chi connectivity index (χ3n) is 7.28. The van der Waals surface area contributed by atoms with E-state index in [4.69, 9.17) is 21.7 Å². The smallest absolute Gasteiger partial charge is 0.358 e. The molecule has 0 spiro atoms. The fraction of sp³-hybridized carbons (Fsp3) is 0.483. The Balaban J connectivity index is 1.54. The first-order valence-corrected chi connectivity index (χ1v) is 14.9. The molecular weight excluding hydrogens is 490 g/mol. The molecule has 0 N–H and O–H groups in total. The highest BCUT2D eigenvalue weighted by Crippen LogP contribution is 2.36. The van der Waals surface area contributed by atoms with Crippen molar-refractivity contribution < 1.29 is 17.9 Å². The van der Waals surface area contributed by atoms with Crippen LogP contribution in [0, 0.1) is 12.8 Å². The maximum Gasteiger partial charge on any atom is 0.358 e. The van der Waals surface area contributed by atoms with Crippen molar-refractivity contribution in [1.82, 2.24) is 4.31 Å². The zero-order valence-corrected chi connectivity index (χ0v) is 22.9. The predicted molar refractivity (Wildman–Crippen MR) is 148 cm³/mol. The number of rotatable bonds is 5. The highest BCUT2D eigenvalue weighted by molar-refractivity contribution is 7.89. The van der Waals surface area contributed by atoms with E-state index < -0.39 is 10.0 Å². The van der Waals surface area contributed by atoms with Crippen LogP contribution in [0.15, 0.2) is 71.1 Å². The van der Waals surface area contributed by atoms with Gasteiger partial charge >= 0.3 is 5.24 Å². The van der Waals surface area contributed by atoms with Crippen molar-refractivity contribution in [3.63, 3.8) is 0 Å². The summed E-state index contributed by atoms with van der Waals surface area (Å²) in [4.78, 5) is 0.357. The van der Waals surface area contributed by atoms with Gasteiger partial charge in [0.05, 0.1) is 4.90 Å². The van der Waals surface area contributed by atoms with Crippen LogP contribution in [-0.4, -0.2) is 36.7 Å². The Labute approximate surface area is 221 Å². The lowest BCUT2D eigenvalue weighted by Crippen LogP contribution is -2.37. The number of thiocarbonyl (C=S) groups is 1. The SMILES string of the molecule is Cc1ccc(S(=O)(=O)N2CC3=CC2CCCCCCCCC3C(C)OC(=S)Oc2ccccc2)cc1. The van der Waals surface area contributed by atoms with Crippen molar-refractivity contribution in [2.45, 2.75) is 82.3 Å². The first kappa shape index (κ1) is 26.8.